The number of aliphatic carboxylic acids is 1. The van der Waals surface area contributed by atoms with E-state index in [1.54, 1.807) is 36.6 Å². The molecule has 0 aliphatic rings. The van der Waals surface area contributed by atoms with Crippen LogP contribution in [0.15, 0.2) is 29.2 Å². The Hall–Kier alpha value is -2.72. The van der Waals surface area contributed by atoms with Crippen molar-refractivity contribution in [2.45, 2.75) is 46.3 Å². The van der Waals surface area contributed by atoms with Crippen LogP contribution >= 0.6 is 9.24 Å². The standard InChI is InChI=1S/C17H18N2O4.C4H9O2P.C2H6/c1-2-19-11-14(17(21)22)16(20)13-10-12(5-6-15(13)19)4-3-8-23-9-7-18;1-4(2,7)3(5)6;1-2/h5-6,10-11H,2,7-9,18H2,1H3,(H,21,22);7H2,1-2H3,(H,5,6);1-2H3. The molecule has 0 fully saturated rings. The number of aryl methyl sites for hydroxylation is 1. The minimum atomic E-state index is -1.23. The molecule has 2 rings (SSSR count). The average molecular weight is 464 g/mol. The monoisotopic (exact) mass is 464 g/mol. The molecule has 0 radical (unpaired) electrons. The number of nitrogens with zero attached hydrogens (tertiary/aromatic N) is 1. The molecule has 32 heavy (non-hydrogen) atoms. The van der Waals surface area contributed by atoms with Gasteiger partial charge in [-0.05, 0) is 39.0 Å². The highest BCUT2D eigenvalue weighted by atomic mass is 31.0. The predicted octanol–water partition coefficient (Wildman–Crippen LogP) is 2.80. The molecular weight excluding hydrogens is 431 g/mol. The Morgan fingerprint density at radius 3 is 2.31 bits per heavy atom. The maximum absolute atomic E-state index is 12.3. The smallest absolute Gasteiger partial charge is 0.341 e. The van der Waals surface area contributed by atoms with E-state index in [2.05, 4.69) is 21.1 Å². The molecule has 1 atom stereocenters. The van der Waals surface area contributed by atoms with Crippen LogP contribution in [0.4, 0.5) is 0 Å². The molecule has 1 unspecified atom stereocenters. The molecule has 4 N–H and O–H groups in total. The van der Waals surface area contributed by atoms with Gasteiger partial charge in [-0.25, -0.2) is 4.79 Å². The van der Waals surface area contributed by atoms with Gasteiger partial charge >= 0.3 is 11.9 Å². The van der Waals surface area contributed by atoms with E-state index in [1.165, 1.54) is 6.20 Å². The SMILES string of the molecule is CC.CC(C)(P)C(=O)O.CCn1cc(C(=O)O)c(=O)c2cc(C#CCOCCN)ccc21. The molecule has 176 valence electrons. The third kappa shape index (κ3) is 9.19. The third-order valence-corrected chi connectivity index (χ3v) is 4.12. The number of nitrogens with two attached hydrogens (primary N) is 1. The van der Waals surface area contributed by atoms with E-state index in [0.717, 1.165) is 0 Å². The molecule has 1 aromatic heterocycles. The lowest BCUT2D eigenvalue weighted by molar-refractivity contribution is -0.138. The highest BCUT2D eigenvalue weighted by molar-refractivity contribution is 7.20. The van der Waals surface area contributed by atoms with Crippen LogP contribution in [0, 0.1) is 11.8 Å². The van der Waals surface area contributed by atoms with Crippen LogP contribution in [0.2, 0.25) is 0 Å². The van der Waals surface area contributed by atoms with Crippen LogP contribution < -0.4 is 11.2 Å². The first-order valence-electron chi connectivity index (χ1n) is 10.2. The first kappa shape index (κ1) is 29.3. The summed E-state index contributed by atoms with van der Waals surface area (Å²) in [5.74, 6) is 3.71. The number of carboxylic acids is 2. The second kappa shape index (κ2) is 14.4. The van der Waals surface area contributed by atoms with E-state index >= 15 is 0 Å². The summed E-state index contributed by atoms with van der Waals surface area (Å²) in [7, 11) is 2.23. The van der Waals surface area contributed by atoms with Crippen molar-refractivity contribution in [1.82, 2.24) is 4.57 Å². The van der Waals surface area contributed by atoms with Gasteiger partial charge in [-0.3, -0.25) is 9.59 Å². The van der Waals surface area contributed by atoms with E-state index in [9.17, 15) is 19.5 Å². The number of carbonyl (C=O) groups is 2. The minimum Gasteiger partial charge on any atom is -0.481 e. The number of carboxylic acid groups (broad SMARTS) is 2. The van der Waals surface area contributed by atoms with Gasteiger partial charge in [0.2, 0.25) is 5.43 Å². The first-order valence-corrected chi connectivity index (χ1v) is 10.8. The van der Waals surface area contributed by atoms with Gasteiger partial charge in [-0.1, -0.05) is 25.7 Å². The molecule has 0 saturated heterocycles. The van der Waals surface area contributed by atoms with Crippen molar-refractivity contribution in [2.75, 3.05) is 19.8 Å². The van der Waals surface area contributed by atoms with Crippen molar-refractivity contribution in [3.8, 4) is 11.8 Å². The van der Waals surface area contributed by atoms with Crippen LogP contribution in [0.25, 0.3) is 10.9 Å². The normalized spacial score (nSPS) is 10.1. The highest BCUT2D eigenvalue weighted by Crippen LogP contribution is 2.15. The summed E-state index contributed by atoms with van der Waals surface area (Å²) in [6, 6.07) is 5.19. The van der Waals surface area contributed by atoms with Crippen LogP contribution in [-0.2, 0) is 16.1 Å². The quantitative estimate of drug-likeness (QED) is 0.340. The van der Waals surface area contributed by atoms with E-state index in [-0.39, 0.29) is 12.2 Å². The van der Waals surface area contributed by atoms with Crippen LogP contribution in [0.5, 0.6) is 0 Å². The molecule has 2 aromatic rings. The van der Waals surface area contributed by atoms with Gasteiger partial charge in [0.05, 0.1) is 17.3 Å². The van der Waals surface area contributed by atoms with Gasteiger partial charge in [-0.15, -0.1) is 9.24 Å². The molecule has 0 saturated carbocycles. The number of fused-ring (bicyclic) bond motifs is 1. The molecule has 1 aromatic carbocycles. The number of ether oxygens (including phenoxy) is 1. The van der Waals surface area contributed by atoms with Crippen molar-refractivity contribution >= 4 is 32.1 Å². The molecule has 0 bridgehead atoms. The fourth-order valence-electron chi connectivity index (χ4n) is 2.23. The topological polar surface area (TPSA) is 132 Å². The van der Waals surface area contributed by atoms with Gasteiger partial charge in [0, 0.05) is 30.2 Å². The minimum absolute atomic E-state index is 0.240. The maximum Gasteiger partial charge on any atom is 0.341 e. The fraction of sp³-hybridized carbons (Fsp3) is 0.435. The van der Waals surface area contributed by atoms with Gasteiger partial charge in [-0.2, -0.15) is 0 Å². The summed E-state index contributed by atoms with van der Waals surface area (Å²) >= 11 is 0. The Kier molecular flexibility index (Phi) is 13.1. The summed E-state index contributed by atoms with van der Waals surface area (Å²) in [6.07, 6.45) is 1.37. The highest BCUT2D eigenvalue weighted by Gasteiger charge is 2.19. The first-order chi connectivity index (χ1) is 15.0. The lowest BCUT2D eigenvalue weighted by Gasteiger charge is -2.10. The second-order valence-electron chi connectivity index (χ2n) is 6.86. The van der Waals surface area contributed by atoms with Crippen molar-refractivity contribution in [3.63, 3.8) is 0 Å². The number of hydrogen-bond acceptors (Lipinski definition) is 5. The molecule has 1 heterocycles. The maximum atomic E-state index is 12.3. The number of hydrogen-bond donors (Lipinski definition) is 3. The summed E-state index contributed by atoms with van der Waals surface area (Å²) < 4.78 is 6.90. The number of benzene rings is 1. The lowest BCUT2D eigenvalue weighted by atomic mass is 10.1. The Balaban J connectivity index is 0.000000911. The summed E-state index contributed by atoms with van der Waals surface area (Å²) in [4.78, 5) is 33.5. The number of aromatic nitrogens is 1. The van der Waals surface area contributed by atoms with E-state index in [1.807, 2.05) is 20.8 Å². The van der Waals surface area contributed by atoms with Crippen LogP contribution in [0.1, 0.15) is 50.5 Å². The molecular formula is C23H33N2O6P. The van der Waals surface area contributed by atoms with Crippen molar-refractivity contribution in [1.29, 1.82) is 0 Å². The molecule has 9 heteroatoms. The Morgan fingerprint density at radius 2 is 1.84 bits per heavy atom. The van der Waals surface area contributed by atoms with Gasteiger partial charge in [0.25, 0.3) is 0 Å². The van der Waals surface area contributed by atoms with E-state index in [0.29, 0.717) is 36.2 Å². The Bertz CT molecular complexity index is 1030. The summed E-state index contributed by atoms with van der Waals surface area (Å²) in [5.41, 5.74) is 5.89. The molecule has 0 aliphatic heterocycles. The molecule has 0 aliphatic carbocycles. The summed E-state index contributed by atoms with van der Waals surface area (Å²) in [5, 5.41) is 17.1. The fourth-order valence-corrected chi connectivity index (χ4v) is 2.23. The third-order valence-electron chi connectivity index (χ3n) is 3.87. The number of pyridine rings is 1. The molecule has 8 nitrogen and oxygen atoms in total. The number of aromatic carboxylic acids is 1. The van der Waals surface area contributed by atoms with Gasteiger partial charge < -0.3 is 25.3 Å². The zero-order valence-corrected chi connectivity index (χ0v) is 20.4. The zero-order chi connectivity index (χ0) is 24.9. The largest absolute Gasteiger partial charge is 0.481 e. The number of rotatable bonds is 6. The average Bonchev–Trinajstić information content (AvgIpc) is 2.75. The van der Waals surface area contributed by atoms with Crippen molar-refractivity contribution in [3.05, 3.63) is 45.7 Å². The van der Waals surface area contributed by atoms with Gasteiger partial charge in [0.15, 0.2) is 0 Å². The Labute approximate surface area is 191 Å². The Morgan fingerprint density at radius 1 is 1.25 bits per heavy atom. The zero-order valence-electron chi connectivity index (χ0n) is 19.3. The van der Waals surface area contributed by atoms with Crippen LogP contribution in [0.3, 0.4) is 0 Å². The van der Waals surface area contributed by atoms with Crippen molar-refractivity contribution in [2.24, 2.45) is 5.73 Å². The summed E-state index contributed by atoms with van der Waals surface area (Å²) in [6.45, 7) is 10.8. The predicted molar refractivity (Wildman–Crippen MR) is 130 cm³/mol. The van der Waals surface area contributed by atoms with Gasteiger partial charge in [0.1, 0.15) is 12.2 Å². The lowest BCUT2D eigenvalue weighted by Crippen LogP contribution is -2.22. The van der Waals surface area contributed by atoms with Crippen molar-refractivity contribution < 1.29 is 24.5 Å². The molecule has 0 amide bonds. The van der Waals surface area contributed by atoms with E-state index in [4.69, 9.17) is 15.6 Å². The molecule has 0 spiro atoms. The van der Waals surface area contributed by atoms with Crippen LogP contribution in [-0.4, -0.2) is 51.6 Å². The van der Waals surface area contributed by atoms with E-state index < -0.39 is 22.5 Å². The second-order valence-corrected chi connectivity index (χ2v) is 8.31.